The standard InChI is InChI=1S/C38H33ClN2O4S/c1-4-44-37(43)33-34(27-12-6-5-7-13-27)40-38-41(35(33)28-19-17-26(18-20-28)24(2)3)36(42)32(46-38)22-25-11-10-15-30(21-25)45-23-29-14-8-9-16-31(29)39/h5-22,24,35H,4,23H2,1-3H3/b32-22+/t35-/m0/s1. The van der Waals surface area contributed by atoms with Gasteiger partial charge in [-0.25, -0.2) is 9.79 Å². The van der Waals surface area contributed by atoms with Crippen molar-refractivity contribution in [3.8, 4) is 5.75 Å². The number of carbonyl (C=O) groups excluding carboxylic acids is 1. The van der Waals surface area contributed by atoms with Gasteiger partial charge in [0.1, 0.15) is 12.4 Å². The van der Waals surface area contributed by atoms with Crippen molar-refractivity contribution >= 4 is 40.7 Å². The highest BCUT2D eigenvalue weighted by molar-refractivity contribution is 7.07. The van der Waals surface area contributed by atoms with E-state index in [9.17, 15) is 9.59 Å². The van der Waals surface area contributed by atoms with Gasteiger partial charge in [0.25, 0.3) is 5.56 Å². The zero-order chi connectivity index (χ0) is 32.2. The largest absolute Gasteiger partial charge is 0.489 e. The van der Waals surface area contributed by atoms with E-state index in [1.807, 2.05) is 97.1 Å². The lowest BCUT2D eigenvalue weighted by atomic mass is 9.91. The number of nitrogens with zero attached hydrogens (tertiary/aromatic N) is 2. The van der Waals surface area contributed by atoms with Gasteiger partial charge in [0.05, 0.1) is 28.5 Å². The van der Waals surface area contributed by atoms with Crippen molar-refractivity contribution in [2.45, 2.75) is 39.3 Å². The van der Waals surface area contributed by atoms with E-state index in [1.165, 1.54) is 11.3 Å². The lowest BCUT2D eigenvalue weighted by Crippen LogP contribution is -2.40. The fraction of sp³-hybridized carbons (Fsp3) is 0.184. The van der Waals surface area contributed by atoms with E-state index in [4.69, 9.17) is 26.1 Å². The molecule has 8 heteroatoms. The van der Waals surface area contributed by atoms with Gasteiger partial charge in [-0.1, -0.05) is 122 Å². The van der Waals surface area contributed by atoms with Crippen LogP contribution in [0, 0.1) is 0 Å². The summed E-state index contributed by atoms with van der Waals surface area (Å²) < 4.78 is 13.7. The van der Waals surface area contributed by atoms with Crippen molar-refractivity contribution < 1.29 is 14.3 Å². The molecule has 1 aromatic heterocycles. The molecule has 0 aliphatic carbocycles. The Balaban J connectivity index is 1.48. The number of ether oxygens (including phenoxy) is 2. The lowest BCUT2D eigenvalue weighted by molar-refractivity contribution is -0.138. The van der Waals surface area contributed by atoms with Crippen molar-refractivity contribution in [3.63, 3.8) is 0 Å². The Morgan fingerprint density at radius 1 is 0.978 bits per heavy atom. The maximum Gasteiger partial charge on any atom is 0.338 e. The highest BCUT2D eigenvalue weighted by Crippen LogP contribution is 2.35. The Hall–Kier alpha value is -4.72. The number of carbonyl (C=O) groups is 1. The van der Waals surface area contributed by atoms with Gasteiger partial charge in [0, 0.05) is 16.1 Å². The van der Waals surface area contributed by atoms with Gasteiger partial charge in [-0.05, 0) is 53.8 Å². The molecule has 6 nitrogen and oxygen atoms in total. The molecule has 0 saturated carbocycles. The van der Waals surface area contributed by atoms with Gasteiger partial charge in [-0.2, -0.15) is 0 Å². The number of thiazole rings is 1. The highest BCUT2D eigenvalue weighted by Gasteiger charge is 2.35. The highest BCUT2D eigenvalue weighted by atomic mass is 35.5. The number of aromatic nitrogens is 1. The van der Waals surface area contributed by atoms with E-state index in [0.29, 0.717) is 43.9 Å². The Bertz CT molecular complexity index is 2100. The third kappa shape index (κ3) is 6.48. The molecule has 5 aromatic rings. The molecule has 0 amide bonds. The molecule has 4 aromatic carbocycles. The van der Waals surface area contributed by atoms with Crippen molar-refractivity contribution in [1.82, 2.24) is 4.57 Å². The summed E-state index contributed by atoms with van der Waals surface area (Å²) in [5.41, 5.74) is 5.02. The molecule has 1 aliphatic rings. The molecule has 0 saturated heterocycles. The molecule has 0 bridgehead atoms. The van der Waals surface area contributed by atoms with Crippen LogP contribution in [0.25, 0.3) is 11.8 Å². The molecular formula is C38H33ClN2O4S. The molecule has 6 rings (SSSR count). The molecule has 0 fully saturated rings. The van der Waals surface area contributed by atoms with Gasteiger partial charge < -0.3 is 9.47 Å². The number of esters is 1. The third-order valence-corrected chi connectivity index (χ3v) is 9.15. The van der Waals surface area contributed by atoms with E-state index < -0.39 is 12.0 Å². The number of fused-ring (bicyclic) bond motifs is 1. The first-order valence-corrected chi connectivity index (χ1v) is 16.4. The second-order valence-corrected chi connectivity index (χ2v) is 12.6. The average Bonchev–Trinajstić information content (AvgIpc) is 3.38. The molecule has 0 spiro atoms. The van der Waals surface area contributed by atoms with Crippen LogP contribution in [0.2, 0.25) is 5.02 Å². The quantitative estimate of drug-likeness (QED) is 0.157. The molecule has 1 aliphatic heterocycles. The summed E-state index contributed by atoms with van der Waals surface area (Å²) in [5, 5.41) is 0.644. The first-order valence-electron chi connectivity index (χ1n) is 15.2. The van der Waals surface area contributed by atoms with E-state index in [0.717, 1.165) is 27.8 Å². The van der Waals surface area contributed by atoms with E-state index in [1.54, 1.807) is 11.5 Å². The minimum Gasteiger partial charge on any atom is -0.489 e. The first-order chi connectivity index (χ1) is 22.3. The summed E-state index contributed by atoms with van der Waals surface area (Å²) in [5.74, 6) is 0.488. The zero-order valence-electron chi connectivity index (χ0n) is 25.8. The number of rotatable bonds is 9. The van der Waals surface area contributed by atoms with E-state index in [2.05, 4.69) is 26.0 Å². The Morgan fingerprint density at radius 2 is 1.72 bits per heavy atom. The predicted molar refractivity (Wildman–Crippen MR) is 184 cm³/mol. The van der Waals surface area contributed by atoms with Crippen molar-refractivity contribution in [2.24, 2.45) is 4.99 Å². The van der Waals surface area contributed by atoms with Gasteiger partial charge in [0.2, 0.25) is 0 Å². The predicted octanol–water partition coefficient (Wildman–Crippen LogP) is 7.29. The molecule has 0 N–H and O–H groups in total. The molecular weight excluding hydrogens is 616 g/mol. The molecule has 2 heterocycles. The summed E-state index contributed by atoms with van der Waals surface area (Å²) in [6, 6.07) is 32.0. The van der Waals surface area contributed by atoms with Gasteiger partial charge in [-0.15, -0.1) is 0 Å². The van der Waals surface area contributed by atoms with Crippen molar-refractivity contribution in [2.75, 3.05) is 6.61 Å². The number of hydrogen-bond acceptors (Lipinski definition) is 6. The van der Waals surface area contributed by atoms with Gasteiger partial charge in [0.15, 0.2) is 4.80 Å². The molecule has 46 heavy (non-hydrogen) atoms. The normalized spacial score (nSPS) is 14.6. The van der Waals surface area contributed by atoms with Crippen LogP contribution in [0.15, 0.2) is 118 Å². The van der Waals surface area contributed by atoms with Crippen LogP contribution in [0.3, 0.4) is 0 Å². The Labute approximate surface area is 276 Å². The number of benzene rings is 4. The number of hydrogen-bond donors (Lipinski definition) is 0. The fourth-order valence-corrected chi connectivity index (χ4v) is 6.63. The summed E-state index contributed by atoms with van der Waals surface area (Å²) in [4.78, 5) is 33.4. The smallest absolute Gasteiger partial charge is 0.338 e. The lowest BCUT2D eigenvalue weighted by Gasteiger charge is -2.26. The van der Waals surface area contributed by atoms with Crippen LogP contribution in [-0.4, -0.2) is 17.1 Å². The Morgan fingerprint density at radius 3 is 2.43 bits per heavy atom. The minimum atomic E-state index is -0.723. The van der Waals surface area contributed by atoms with Crippen LogP contribution < -0.4 is 19.6 Å². The van der Waals surface area contributed by atoms with Crippen LogP contribution in [0.4, 0.5) is 0 Å². The average molecular weight is 649 g/mol. The minimum absolute atomic E-state index is 0.197. The molecule has 1 atom stereocenters. The number of halogens is 1. The maximum atomic E-state index is 14.2. The van der Waals surface area contributed by atoms with Crippen LogP contribution >= 0.6 is 22.9 Å². The van der Waals surface area contributed by atoms with Crippen molar-refractivity contribution in [3.05, 3.63) is 161 Å². The van der Waals surface area contributed by atoms with Crippen LogP contribution in [0.5, 0.6) is 5.75 Å². The summed E-state index contributed by atoms with van der Waals surface area (Å²) in [6.45, 7) is 6.55. The van der Waals surface area contributed by atoms with E-state index in [-0.39, 0.29) is 12.2 Å². The van der Waals surface area contributed by atoms with Gasteiger partial charge >= 0.3 is 5.97 Å². The summed E-state index contributed by atoms with van der Waals surface area (Å²) in [6.07, 6.45) is 1.83. The van der Waals surface area contributed by atoms with Crippen LogP contribution in [-0.2, 0) is 16.1 Å². The van der Waals surface area contributed by atoms with Crippen LogP contribution in [0.1, 0.15) is 60.5 Å². The third-order valence-electron chi connectivity index (χ3n) is 7.80. The van der Waals surface area contributed by atoms with Crippen molar-refractivity contribution in [1.29, 1.82) is 0 Å². The second-order valence-electron chi connectivity index (χ2n) is 11.2. The summed E-state index contributed by atoms with van der Waals surface area (Å²) >= 11 is 7.60. The zero-order valence-corrected chi connectivity index (χ0v) is 27.3. The Kier molecular flexibility index (Phi) is 9.33. The van der Waals surface area contributed by atoms with E-state index >= 15 is 0 Å². The second kappa shape index (κ2) is 13.7. The topological polar surface area (TPSA) is 69.9 Å². The molecule has 0 unspecified atom stereocenters. The SMILES string of the molecule is CCOC(=O)C1=C(c2ccccc2)N=c2s/c(=C/c3cccc(OCc4ccccc4Cl)c3)c(=O)n2[C@H]1c1ccc(C(C)C)cc1. The molecule has 0 radical (unpaired) electrons. The maximum absolute atomic E-state index is 14.2. The first kappa shape index (κ1) is 31.3. The summed E-state index contributed by atoms with van der Waals surface area (Å²) in [7, 11) is 0. The monoisotopic (exact) mass is 648 g/mol. The fourth-order valence-electron chi connectivity index (χ4n) is 5.44. The van der Waals surface area contributed by atoms with Gasteiger partial charge in [-0.3, -0.25) is 9.36 Å². The molecule has 232 valence electrons.